The fraction of sp³-hybridized carbons (Fsp3) is 1.00. The van der Waals surface area contributed by atoms with Gasteiger partial charge in [-0.1, -0.05) is 25.8 Å². The highest BCUT2D eigenvalue weighted by Gasteiger charge is 2.60. The van der Waals surface area contributed by atoms with E-state index in [1.54, 1.807) is 5.06 Å². The van der Waals surface area contributed by atoms with Crippen molar-refractivity contribution in [3.8, 4) is 0 Å². The zero-order chi connectivity index (χ0) is 15.9. The molecule has 0 aliphatic carbocycles. The van der Waals surface area contributed by atoms with Crippen molar-refractivity contribution in [3.63, 3.8) is 0 Å². The van der Waals surface area contributed by atoms with Gasteiger partial charge in [0.2, 0.25) is 0 Å². The normalized spacial score (nSPS) is 39.6. The van der Waals surface area contributed by atoms with Crippen molar-refractivity contribution in [1.82, 2.24) is 5.06 Å². The van der Waals surface area contributed by atoms with E-state index in [2.05, 4.69) is 27.7 Å². The van der Waals surface area contributed by atoms with Crippen molar-refractivity contribution in [3.05, 3.63) is 0 Å². The van der Waals surface area contributed by atoms with E-state index >= 15 is 0 Å². The molecule has 1 spiro atoms. The van der Waals surface area contributed by atoms with E-state index in [9.17, 15) is 5.11 Å². The quantitative estimate of drug-likeness (QED) is 0.807. The number of aliphatic hydroxyl groups is 1. The summed E-state index contributed by atoms with van der Waals surface area (Å²) in [6.07, 6.45) is 3.22. The van der Waals surface area contributed by atoms with Crippen LogP contribution in [-0.4, -0.2) is 52.1 Å². The molecule has 0 aromatic carbocycles. The number of ether oxygens (including phenoxy) is 2. The third-order valence-electron chi connectivity index (χ3n) is 5.45. The lowest BCUT2D eigenvalue weighted by Gasteiger charge is -2.57. The predicted molar refractivity (Wildman–Crippen MR) is 81.9 cm³/mol. The molecular weight excluding hydrogens is 270 g/mol. The van der Waals surface area contributed by atoms with E-state index in [4.69, 9.17) is 14.7 Å². The highest BCUT2D eigenvalue weighted by Crippen LogP contribution is 2.50. The van der Waals surface area contributed by atoms with Gasteiger partial charge in [0.1, 0.15) is 0 Å². The third-order valence-corrected chi connectivity index (χ3v) is 5.45. The first kappa shape index (κ1) is 17.2. The average Bonchev–Trinajstić information content (AvgIpc) is 2.46. The van der Waals surface area contributed by atoms with Crippen molar-refractivity contribution < 1.29 is 19.8 Å². The molecule has 2 aliphatic rings. The monoisotopic (exact) mass is 302 g/mol. The number of hydrogen-bond acceptors (Lipinski definition) is 4. The summed E-state index contributed by atoms with van der Waals surface area (Å²) < 4.78 is 12.3. The number of piperidine rings is 1. The van der Waals surface area contributed by atoms with Gasteiger partial charge in [0.15, 0.2) is 5.79 Å². The number of hydroxylamine groups is 2. The van der Waals surface area contributed by atoms with Gasteiger partial charge in [0, 0.05) is 18.3 Å². The number of nitrogens with zero attached hydrogens (tertiary/aromatic N) is 1. The molecule has 5 nitrogen and oxygen atoms in total. The molecule has 0 bridgehead atoms. The van der Waals surface area contributed by atoms with Crippen LogP contribution in [0.2, 0.25) is 0 Å². The van der Waals surface area contributed by atoms with Crippen LogP contribution in [0.3, 0.4) is 0 Å². The molecular formula is C16H32NO4+. The molecule has 2 aliphatic heterocycles. The van der Waals surface area contributed by atoms with Crippen LogP contribution >= 0.6 is 0 Å². The van der Waals surface area contributed by atoms with Gasteiger partial charge in [-0.3, -0.25) is 0 Å². The van der Waals surface area contributed by atoms with Crippen molar-refractivity contribution in [2.24, 2.45) is 5.41 Å². The summed E-state index contributed by atoms with van der Waals surface area (Å²) in [4.78, 5) is 0. The van der Waals surface area contributed by atoms with Gasteiger partial charge in [-0.05, 0) is 26.7 Å². The van der Waals surface area contributed by atoms with E-state index in [1.165, 1.54) is 0 Å². The molecule has 2 heterocycles. The molecule has 0 unspecified atom stereocenters. The maximum Gasteiger partial charge on any atom is 0.172 e. The first-order chi connectivity index (χ1) is 9.67. The molecule has 0 aromatic rings. The molecule has 2 rings (SSSR count). The first-order valence-corrected chi connectivity index (χ1v) is 8.07. The van der Waals surface area contributed by atoms with Gasteiger partial charge in [0.05, 0.1) is 30.9 Å². The number of hydrogen-bond donors (Lipinski definition) is 1. The summed E-state index contributed by atoms with van der Waals surface area (Å²) in [5, 5.41) is 19.8. The minimum absolute atomic E-state index is 0.0732. The summed E-state index contributed by atoms with van der Waals surface area (Å²) in [6, 6.07) is 0. The summed E-state index contributed by atoms with van der Waals surface area (Å²) >= 11 is 0. The van der Waals surface area contributed by atoms with Crippen molar-refractivity contribution in [2.45, 2.75) is 77.2 Å². The van der Waals surface area contributed by atoms with Crippen LogP contribution in [-0.2, 0) is 9.47 Å². The van der Waals surface area contributed by atoms with Crippen LogP contribution in [0, 0.1) is 5.41 Å². The second kappa shape index (κ2) is 5.46. The minimum atomic E-state index is -0.609. The largest absolute Gasteiger partial charge is 0.396 e. The highest BCUT2D eigenvalue weighted by molar-refractivity contribution is 5.05. The molecule has 5 heteroatoms. The fourth-order valence-corrected chi connectivity index (χ4v) is 3.83. The first-order valence-electron chi connectivity index (χ1n) is 8.07. The summed E-state index contributed by atoms with van der Waals surface area (Å²) in [6.45, 7) is 11.5. The van der Waals surface area contributed by atoms with Crippen molar-refractivity contribution >= 4 is 0 Å². The third kappa shape index (κ3) is 2.86. The molecule has 0 saturated carbocycles. The summed E-state index contributed by atoms with van der Waals surface area (Å²) in [5.74, 6) is -0.609. The van der Waals surface area contributed by atoms with Crippen LogP contribution in [0.5, 0.6) is 0 Å². The Hall–Kier alpha value is -0.200. The van der Waals surface area contributed by atoms with Gasteiger partial charge >= 0.3 is 0 Å². The Morgan fingerprint density at radius 2 is 1.57 bits per heavy atom. The van der Waals surface area contributed by atoms with Crippen molar-refractivity contribution in [1.29, 1.82) is 0 Å². The minimum Gasteiger partial charge on any atom is -0.396 e. The molecule has 0 aromatic heterocycles. The number of rotatable bonds is 3. The van der Waals surface area contributed by atoms with Gasteiger partial charge in [-0.2, -0.15) is 0 Å². The number of aliphatic hydroxyl groups excluding tert-OH is 1. The SMILES string of the molecule is CCC1(CC)CC2(CC(C)(C)N1[OH2+])OCC(C)(CO)CO2. The predicted octanol–water partition coefficient (Wildman–Crippen LogP) is 1.80. The molecule has 124 valence electrons. The second-order valence-corrected chi connectivity index (χ2v) is 7.89. The Balaban J connectivity index is 2.26. The molecule has 0 radical (unpaired) electrons. The van der Waals surface area contributed by atoms with Crippen LogP contribution in [0.4, 0.5) is 0 Å². The lowest BCUT2D eigenvalue weighted by Crippen LogP contribution is -2.68. The smallest absolute Gasteiger partial charge is 0.172 e. The maximum absolute atomic E-state index is 9.48. The van der Waals surface area contributed by atoms with Crippen LogP contribution in [0.25, 0.3) is 0 Å². The summed E-state index contributed by atoms with van der Waals surface area (Å²) in [5.41, 5.74) is -0.819. The van der Waals surface area contributed by atoms with Gasteiger partial charge in [0.25, 0.3) is 0 Å². The van der Waals surface area contributed by atoms with Crippen molar-refractivity contribution in [2.75, 3.05) is 19.8 Å². The van der Waals surface area contributed by atoms with Gasteiger partial charge in [-0.25, -0.2) is 0 Å². The van der Waals surface area contributed by atoms with Crippen LogP contribution in [0.15, 0.2) is 0 Å². The van der Waals surface area contributed by atoms with E-state index in [1.807, 2.05) is 6.92 Å². The highest BCUT2D eigenvalue weighted by atomic mass is 16.7. The zero-order valence-electron chi connectivity index (χ0n) is 14.2. The maximum atomic E-state index is 9.48. The van der Waals surface area contributed by atoms with E-state index < -0.39 is 5.79 Å². The molecule has 2 saturated heterocycles. The Labute approximate surface area is 128 Å². The lowest BCUT2D eigenvalue weighted by molar-refractivity contribution is -0.378. The Bertz CT molecular complexity index is 370. The zero-order valence-corrected chi connectivity index (χ0v) is 14.2. The molecule has 21 heavy (non-hydrogen) atoms. The average molecular weight is 302 g/mol. The van der Waals surface area contributed by atoms with Gasteiger partial charge < -0.3 is 19.8 Å². The van der Waals surface area contributed by atoms with Gasteiger partial charge in [-0.15, -0.1) is 0 Å². The van der Waals surface area contributed by atoms with E-state index in [0.29, 0.717) is 19.6 Å². The molecule has 0 atom stereocenters. The summed E-state index contributed by atoms with van der Waals surface area (Å²) in [7, 11) is 0. The molecule has 0 amide bonds. The Morgan fingerprint density at radius 3 is 2.00 bits per heavy atom. The fourth-order valence-electron chi connectivity index (χ4n) is 3.83. The topological polar surface area (TPSA) is 64.8 Å². The van der Waals surface area contributed by atoms with Crippen LogP contribution in [0.1, 0.15) is 60.3 Å². The standard InChI is InChI=1S/C16H31NO4/c1-6-15(7-2)9-16(8-13(3,4)17(15)19)20-11-14(5,10-18)12-21-16/h18-19H,6-12H2,1-5H3/p+1. The molecule has 3 N–H and O–H groups in total. The van der Waals surface area contributed by atoms with Crippen LogP contribution < -0.4 is 0 Å². The van der Waals surface area contributed by atoms with E-state index in [-0.39, 0.29) is 23.1 Å². The molecule has 2 fully saturated rings. The van der Waals surface area contributed by atoms with E-state index in [0.717, 1.165) is 19.3 Å². The Kier molecular flexibility index (Phi) is 4.46. The second-order valence-electron chi connectivity index (χ2n) is 7.89. The lowest BCUT2D eigenvalue weighted by atomic mass is 9.73. The Morgan fingerprint density at radius 1 is 1.05 bits per heavy atom.